The Kier molecular flexibility index (Phi) is 6.78. The minimum atomic E-state index is -0.273. The second-order valence-corrected chi connectivity index (χ2v) is 6.47. The molecule has 0 radical (unpaired) electrons. The van der Waals surface area contributed by atoms with E-state index in [0.717, 1.165) is 30.4 Å². The van der Waals surface area contributed by atoms with Gasteiger partial charge in [-0.2, -0.15) is 0 Å². The molecule has 3 aromatic carbocycles. The van der Waals surface area contributed by atoms with Gasteiger partial charge >= 0.3 is 5.97 Å². The molecular weight excluding hydrogens is 334 g/mol. The number of ether oxygens (including phenoxy) is 1. The van der Waals surface area contributed by atoms with Crippen LogP contribution >= 0.6 is 0 Å². The Bertz CT molecular complexity index is 857. The van der Waals surface area contributed by atoms with Crippen LogP contribution in [0.4, 0.5) is 0 Å². The molecule has 0 amide bonds. The van der Waals surface area contributed by atoms with Gasteiger partial charge in [-0.15, -0.1) is 0 Å². The fourth-order valence-electron chi connectivity index (χ4n) is 3.06. The van der Waals surface area contributed by atoms with Gasteiger partial charge in [-0.3, -0.25) is 0 Å². The molecule has 0 aliphatic rings. The van der Waals surface area contributed by atoms with E-state index in [1.165, 1.54) is 11.1 Å². The van der Waals surface area contributed by atoms with Gasteiger partial charge in [-0.05, 0) is 60.2 Å². The van der Waals surface area contributed by atoms with Crippen LogP contribution in [0, 0.1) is 0 Å². The first kappa shape index (κ1) is 18.9. The van der Waals surface area contributed by atoms with Crippen molar-refractivity contribution in [3.8, 4) is 22.3 Å². The van der Waals surface area contributed by atoms with Crippen LogP contribution in [0.1, 0.15) is 29.6 Å². The normalized spacial score (nSPS) is 10.6. The smallest absolute Gasteiger partial charge is 0.338 e. The molecule has 0 fully saturated rings. The van der Waals surface area contributed by atoms with Crippen LogP contribution in [0.25, 0.3) is 22.3 Å². The Morgan fingerprint density at radius 3 is 1.93 bits per heavy atom. The van der Waals surface area contributed by atoms with Gasteiger partial charge in [0.25, 0.3) is 0 Å². The zero-order chi connectivity index (χ0) is 18.9. The third kappa shape index (κ3) is 5.05. The summed E-state index contributed by atoms with van der Waals surface area (Å²) in [6.07, 6.45) is 2.80. The zero-order valence-corrected chi connectivity index (χ0v) is 15.4. The van der Waals surface area contributed by atoms with Crippen LogP contribution in [0.2, 0.25) is 0 Å². The zero-order valence-electron chi connectivity index (χ0n) is 15.4. The average molecular weight is 359 g/mol. The molecule has 3 rings (SSSR count). The first-order valence-corrected chi connectivity index (χ1v) is 9.41. The van der Waals surface area contributed by atoms with Gasteiger partial charge in [0.1, 0.15) is 0 Å². The Morgan fingerprint density at radius 1 is 0.704 bits per heavy atom. The maximum absolute atomic E-state index is 12.2. The quantitative estimate of drug-likeness (QED) is 0.438. The van der Waals surface area contributed by atoms with Crippen molar-refractivity contribution in [3.05, 3.63) is 84.4 Å². The van der Waals surface area contributed by atoms with E-state index in [0.29, 0.717) is 18.7 Å². The summed E-state index contributed by atoms with van der Waals surface area (Å²) in [5, 5.41) is 0. The molecule has 0 saturated heterocycles. The van der Waals surface area contributed by atoms with Crippen molar-refractivity contribution in [1.82, 2.24) is 0 Å². The number of nitrogens with two attached hydrogens (primary N) is 1. The summed E-state index contributed by atoms with van der Waals surface area (Å²) in [4.78, 5) is 12.2. The molecule has 0 unspecified atom stereocenters. The number of hydrogen-bond acceptors (Lipinski definition) is 3. The molecule has 0 heterocycles. The van der Waals surface area contributed by atoms with Crippen LogP contribution < -0.4 is 5.73 Å². The topological polar surface area (TPSA) is 52.3 Å². The van der Waals surface area contributed by atoms with E-state index in [4.69, 9.17) is 10.5 Å². The van der Waals surface area contributed by atoms with Crippen LogP contribution in [-0.2, 0) is 4.74 Å². The summed E-state index contributed by atoms with van der Waals surface area (Å²) in [5.74, 6) is -0.273. The summed E-state index contributed by atoms with van der Waals surface area (Å²) in [6, 6.07) is 26.2. The molecule has 0 saturated carbocycles. The molecule has 27 heavy (non-hydrogen) atoms. The van der Waals surface area contributed by atoms with Gasteiger partial charge in [-0.25, -0.2) is 4.79 Å². The monoisotopic (exact) mass is 359 g/mol. The van der Waals surface area contributed by atoms with Crippen molar-refractivity contribution >= 4 is 5.97 Å². The van der Waals surface area contributed by atoms with Gasteiger partial charge in [0, 0.05) is 0 Å². The Hall–Kier alpha value is -2.91. The first-order chi connectivity index (χ1) is 13.3. The molecular formula is C24H25NO2. The SMILES string of the molecule is NCCCCCOC(=O)c1ccc(-c2ccccc2-c2ccccc2)cc1. The molecule has 2 N–H and O–H groups in total. The van der Waals surface area contributed by atoms with Crippen molar-refractivity contribution in [2.45, 2.75) is 19.3 Å². The van der Waals surface area contributed by atoms with E-state index in [9.17, 15) is 4.79 Å². The number of carbonyl (C=O) groups is 1. The van der Waals surface area contributed by atoms with Gasteiger partial charge in [0.15, 0.2) is 0 Å². The number of unbranched alkanes of at least 4 members (excludes halogenated alkanes) is 2. The lowest BCUT2D eigenvalue weighted by atomic mass is 9.94. The molecule has 0 aromatic heterocycles. The molecule has 0 bridgehead atoms. The second-order valence-electron chi connectivity index (χ2n) is 6.47. The highest BCUT2D eigenvalue weighted by atomic mass is 16.5. The first-order valence-electron chi connectivity index (χ1n) is 9.41. The third-order valence-electron chi connectivity index (χ3n) is 4.53. The number of hydrogen-bond donors (Lipinski definition) is 1. The fourth-order valence-corrected chi connectivity index (χ4v) is 3.06. The van der Waals surface area contributed by atoms with Crippen LogP contribution in [-0.4, -0.2) is 19.1 Å². The third-order valence-corrected chi connectivity index (χ3v) is 4.53. The number of rotatable bonds is 8. The summed E-state index contributed by atoms with van der Waals surface area (Å²) >= 11 is 0. The maximum atomic E-state index is 12.2. The second kappa shape index (κ2) is 9.70. The molecule has 0 aliphatic carbocycles. The molecule has 0 atom stereocenters. The Balaban J connectivity index is 1.72. The molecule has 3 nitrogen and oxygen atoms in total. The van der Waals surface area contributed by atoms with E-state index in [1.807, 2.05) is 54.6 Å². The standard InChI is InChI=1S/C24H25NO2/c25-17-7-2-8-18-27-24(26)21-15-13-20(14-16-21)23-12-6-5-11-22(23)19-9-3-1-4-10-19/h1,3-6,9-16H,2,7-8,17-18,25H2. The largest absolute Gasteiger partial charge is 0.462 e. The number of benzene rings is 3. The molecule has 138 valence electrons. The Morgan fingerprint density at radius 2 is 1.30 bits per heavy atom. The maximum Gasteiger partial charge on any atom is 0.338 e. The van der Waals surface area contributed by atoms with Crippen LogP contribution in [0.3, 0.4) is 0 Å². The minimum absolute atomic E-state index is 0.273. The van der Waals surface area contributed by atoms with E-state index >= 15 is 0 Å². The van der Waals surface area contributed by atoms with E-state index in [2.05, 4.69) is 24.3 Å². The molecule has 0 aliphatic heterocycles. The predicted molar refractivity (Wildman–Crippen MR) is 111 cm³/mol. The lowest BCUT2D eigenvalue weighted by molar-refractivity contribution is 0.0498. The highest BCUT2D eigenvalue weighted by Gasteiger charge is 2.10. The molecule has 3 aromatic rings. The van der Waals surface area contributed by atoms with Crippen molar-refractivity contribution < 1.29 is 9.53 Å². The highest BCUT2D eigenvalue weighted by molar-refractivity contribution is 5.91. The van der Waals surface area contributed by atoms with E-state index in [-0.39, 0.29) is 5.97 Å². The lowest BCUT2D eigenvalue weighted by Crippen LogP contribution is -2.07. The number of esters is 1. The van der Waals surface area contributed by atoms with Crippen molar-refractivity contribution in [2.75, 3.05) is 13.2 Å². The van der Waals surface area contributed by atoms with Gasteiger partial charge < -0.3 is 10.5 Å². The lowest BCUT2D eigenvalue weighted by Gasteiger charge is -2.11. The fraction of sp³-hybridized carbons (Fsp3) is 0.208. The van der Waals surface area contributed by atoms with Gasteiger partial charge in [0.2, 0.25) is 0 Å². The van der Waals surface area contributed by atoms with Gasteiger partial charge in [-0.1, -0.05) is 66.7 Å². The minimum Gasteiger partial charge on any atom is -0.462 e. The van der Waals surface area contributed by atoms with Crippen molar-refractivity contribution in [1.29, 1.82) is 0 Å². The van der Waals surface area contributed by atoms with Crippen LogP contribution in [0.5, 0.6) is 0 Å². The van der Waals surface area contributed by atoms with E-state index in [1.54, 1.807) is 0 Å². The van der Waals surface area contributed by atoms with Gasteiger partial charge in [0.05, 0.1) is 12.2 Å². The summed E-state index contributed by atoms with van der Waals surface area (Å²) in [5.41, 5.74) is 10.6. The summed E-state index contributed by atoms with van der Waals surface area (Å²) in [6.45, 7) is 1.12. The highest BCUT2D eigenvalue weighted by Crippen LogP contribution is 2.31. The number of carbonyl (C=O) groups excluding carboxylic acids is 1. The van der Waals surface area contributed by atoms with Crippen LogP contribution in [0.15, 0.2) is 78.9 Å². The summed E-state index contributed by atoms with van der Waals surface area (Å²) < 4.78 is 5.33. The van der Waals surface area contributed by atoms with E-state index < -0.39 is 0 Å². The average Bonchev–Trinajstić information content (AvgIpc) is 2.74. The van der Waals surface area contributed by atoms with Crippen molar-refractivity contribution in [3.63, 3.8) is 0 Å². The predicted octanol–water partition coefficient (Wildman–Crippen LogP) is 5.31. The molecule has 3 heteroatoms. The molecule has 0 spiro atoms. The summed E-state index contributed by atoms with van der Waals surface area (Å²) in [7, 11) is 0. The Labute approximate surface area is 160 Å². The van der Waals surface area contributed by atoms with Crippen molar-refractivity contribution in [2.24, 2.45) is 5.73 Å².